The summed E-state index contributed by atoms with van der Waals surface area (Å²) in [6.45, 7) is 4.32. The van der Waals surface area contributed by atoms with E-state index in [4.69, 9.17) is 14.2 Å². The molecule has 146 valence electrons. The summed E-state index contributed by atoms with van der Waals surface area (Å²) < 4.78 is 15.9. The SMILES string of the molecule is COc1cc(OC)c(OC)cc1CNC(=O)CN(C)CC(=O)NC(C)C. The van der Waals surface area contributed by atoms with Gasteiger partial charge in [-0.3, -0.25) is 14.5 Å². The molecule has 0 aliphatic heterocycles. The van der Waals surface area contributed by atoms with Crippen molar-refractivity contribution in [2.75, 3.05) is 41.5 Å². The highest BCUT2D eigenvalue weighted by atomic mass is 16.5. The summed E-state index contributed by atoms with van der Waals surface area (Å²) in [5.74, 6) is 1.39. The third-order valence-corrected chi connectivity index (χ3v) is 3.54. The Hall–Kier alpha value is -2.48. The van der Waals surface area contributed by atoms with E-state index in [1.165, 1.54) is 0 Å². The molecule has 0 saturated heterocycles. The van der Waals surface area contributed by atoms with Crippen LogP contribution in [-0.4, -0.2) is 64.2 Å². The van der Waals surface area contributed by atoms with Crippen LogP contribution in [0.4, 0.5) is 0 Å². The zero-order chi connectivity index (χ0) is 19.7. The van der Waals surface area contributed by atoms with E-state index in [1.54, 1.807) is 45.4 Å². The molecule has 0 heterocycles. The molecule has 0 saturated carbocycles. The van der Waals surface area contributed by atoms with Crippen LogP contribution in [0.3, 0.4) is 0 Å². The largest absolute Gasteiger partial charge is 0.496 e. The zero-order valence-electron chi connectivity index (χ0n) is 16.3. The lowest BCUT2D eigenvalue weighted by Crippen LogP contribution is -2.42. The van der Waals surface area contributed by atoms with E-state index < -0.39 is 0 Å². The summed E-state index contributed by atoms with van der Waals surface area (Å²) in [7, 11) is 6.36. The maximum absolute atomic E-state index is 12.1. The number of benzene rings is 1. The van der Waals surface area contributed by atoms with Gasteiger partial charge in [-0.05, 0) is 27.0 Å². The highest BCUT2D eigenvalue weighted by molar-refractivity contribution is 5.81. The predicted octanol–water partition coefficient (Wildman–Crippen LogP) is 0.785. The van der Waals surface area contributed by atoms with Crippen molar-refractivity contribution < 1.29 is 23.8 Å². The van der Waals surface area contributed by atoms with Crippen LogP contribution in [0, 0.1) is 0 Å². The smallest absolute Gasteiger partial charge is 0.234 e. The van der Waals surface area contributed by atoms with Crippen LogP contribution >= 0.6 is 0 Å². The molecule has 0 unspecified atom stereocenters. The van der Waals surface area contributed by atoms with Crippen molar-refractivity contribution in [1.82, 2.24) is 15.5 Å². The Bertz CT molecular complexity index is 619. The summed E-state index contributed by atoms with van der Waals surface area (Å²) in [6, 6.07) is 3.54. The van der Waals surface area contributed by atoms with Crippen LogP contribution in [0.2, 0.25) is 0 Å². The number of hydrogen-bond donors (Lipinski definition) is 2. The van der Waals surface area contributed by atoms with Gasteiger partial charge in [0.15, 0.2) is 11.5 Å². The Labute approximate surface area is 154 Å². The second-order valence-electron chi connectivity index (χ2n) is 6.19. The van der Waals surface area contributed by atoms with Crippen LogP contribution in [0.25, 0.3) is 0 Å². The molecule has 1 aromatic carbocycles. The molecule has 8 heteroatoms. The average molecular weight is 367 g/mol. The van der Waals surface area contributed by atoms with E-state index in [-0.39, 0.29) is 37.5 Å². The highest BCUT2D eigenvalue weighted by Crippen LogP contribution is 2.34. The minimum Gasteiger partial charge on any atom is -0.496 e. The lowest BCUT2D eigenvalue weighted by Gasteiger charge is -2.18. The van der Waals surface area contributed by atoms with Crippen LogP contribution < -0.4 is 24.8 Å². The van der Waals surface area contributed by atoms with Gasteiger partial charge in [-0.25, -0.2) is 0 Å². The fourth-order valence-electron chi connectivity index (χ4n) is 2.39. The first kappa shape index (κ1) is 21.6. The normalized spacial score (nSPS) is 10.6. The first-order chi connectivity index (χ1) is 12.3. The van der Waals surface area contributed by atoms with Gasteiger partial charge in [0.25, 0.3) is 0 Å². The molecule has 1 aromatic rings. The minimum absolute atomic E-state index is 0.0715. The van der Waals surface area contributed by atoms with Gasteiger partial charge in [0.05, 0.1) is 34.4 Å². The number of rotatable bonds is 10. The van der Waals surface area contributed by atoms with E-state index in [1.807, 2.05) is 13.8 Å². The first-order valence-electron chi connectivity index (χ1n) is 8.34. The maximum atomic E-state index is 12.1. The van der Waals surface area contributed by atoms with Crippen LogP contribution in [0.15, 0.2) is 12.1 Å². The summed E-state index contributed by atoms with van der Waals surface area (Å²) in [5, 5.41) is 5.61. The summed E-state index contributed by atoms with van der Waals surface area (Å²) in [6.07, 6.45) is 0. The molecule has 2 amide bonds. The topological polar surface area (TPSA) is 89.1 Å². The standard InChI is InChI=1S/C18H29N3O5/c1-12(2)20-18(23)11-21(3)10-17(22)19-9-13-7-15(25-5)16(26-6)8-14(13)24-4/h7-8,12H,9-11H2,1-6H3,(H,19,22)(H,20,23). The van der Waals surface area contributed by atoms with Crippen molar-refractivity contribution in [2.45, 2.75) is 26.4 Å². The predicted molar refractivity (Wildman–Crippen MR) is 98.7 cm³/mol. The van der Waals surface area contributed by atoms with Crippen molar-refractivity contribution in [3.05, 3.63) is 17.7 Å². The Balaban J connectivity index is 2.62. The number of nitrogens with one attached hydrogen (secondary N) is 2. The van der Waals surface area contributed by atoms with Crippen molar-refractivity contribution in [3.63, 3.8) is 0 Å². The summed E-state index contributed by atoms with van der Waals surface area (Å²) >= 11 is 0. The molecule has 0 bridgehead atoms. The number of hydrogen-bond acceptors (Lipinski definition) is 6. The van der Waals surface area contributed by atoms with Gasteiger partial charge in [-0.1, -0.05) is 0 Å². The quantitative estimate of drug-likeness (QED) is 0.635. The molecule has 0 fully saturated rings. The number of nitrogens with zero attached hydrogens (tertiary/aromatic N) is 1. The molecule has 0 spiro atoms. The fraction of sp³-hybridized carbons (Fsp3) is 0.556. The molecule has 0 aliphatic carbocycles. The van der Waals surface area contributed by atoms with Gasteiger partial charge in [0, 0.05) is 24.2 Å². The van der Waals surface area contributed by atoms with Gasteiger partial charge >= 0.3 is 0 Å². The highest BCUT2D eigenvalue weighted by Gasteiger charge is 2.14. The fourth-order valence-corrected chi connectivity index (χ4v) is 2.39. The van der Waals surface area contributed by atoms with Gasteiger partial charge in [-0.15, -0.1) is 0 Å². The van der Waals surface area contributed by atoms with Crippen molar-refractivity contribution in [1.29, 1.82) is 0 Å². The van der Waals surface area contributed by atoms with Gasteiger partial charge in [0.1, 0.15) is 5.75 Å². The molecular weight excluding hydrogens is 338 g/mol. The third-order valence-electron chi connectivity index (χ3n) is 3.54. The van der Waals surface area contributed by atoms with Crippen LogP contribution in [-0.2, 0) is 16.1 Å². The summed E-state index contributed by atoms with van der Waals surface area (Å²) in [5.41, 5.74) is 0.763. The molecule has 1 rings (SSSR count). The number of carbonyl (C=O) groups excluding carboxylic acids is 2. The van der Waals surface area contributed by atoms with E-state index >= 15 is 0 Å². The van der Waals surface area contributed by atoms with E-state index in [2.05, 4.69) is 10.6 Å². The number of methoxy groups -OCH3 is 3. The van der Waals surface area contributed by atoms with Crippen LogP contribution in [0.1, 0.15) is 19.4 Å². The first-order valence-corrected chi connectivity index (χ1v) is 8.34. The third kappa shape index (κ3) is 6.79. The summed E-state index contributed by atoms with van der Waals surface area (Å²) in [4.78, 5) is 25.5. The van der Waals surface area contributed by atoms with E-state index in [0.29, 0.717) is 17.2 Å². The van der Waals surface area contributed by atoms with Gasteiger partial charge in [-0.2, -0.15) is 0 Å². The Morgan fingerprint density at radius 1 is 0.962 bits per heavy atom. The van der Waals surface area contributed by atoms with Crippen molar-refractivity contribution >= 4 is 11.8 Å². The Morgan fingerprint density at radius 3 is 2.04 bits per heavy atom. The second kappa shape index (κ2) is 10.5. The average Bonchev–Trinajstić information content (AvgIpc) is 2.57. The number of likely N-dealkylation sites (N-methyl/N-ethyl adjacent to an activating group) is 1. The van der Waals surface area contributed by atoms with Crippen LogP contribution in [0.5, 0.6) is 17.2 Å². The molecule has 26 heavy (non-hydrogen) atoms. The Morgan fingerprint density at radius 2 is 1.50 bits per heavy atom. The van der Waals surface area contributed by atoms with Gasteiger partial charge in [0.2, 0.25) is 11.8 Å². The van der Waals surface area contributed by atoms with Gasteiger partial charge < -0.3 is 24.8 Å². The number of ether oxygens (including phenoxy) is 3. The van der Waals surface area contributed by atoms with E-state index in [9.17, 15) is 9.59 Å². The molecule has 0 aromatic heterocycles. The monoisotopic (exact) mass is 367 g/mol. The second-order valence-corrected chi connectivity index (χ2v) is 6.19. The lowest BCUT2D eigenvalue weighted by molar-refractivity contribution is -0.124. The lowest BCUT2D eigenvalue weighted by atomic mass is 10.1. The maximum Gasteiger partial charge on any atom is 0.234 e. The molecular formula is C18H29N3O5. The van der Waals surface area contributed by atoms with Crippen molar-refractivity contribution in [2.24, 2.45) is 0 Å². The molecule has 2 N–H and O–H groups in total. The molecule has 0 radical (unpaired) electrons. The number of carbonyl (C=O) groups is 2. The Kier molecular flexibility index (Phi) is 8.71. The minimum atomic E-state index is -0.193. The number of amides is 2. The van der Waals surface area contributed by atoms with E-state index in [0.717, 1.165) is 5.56 Å². The molecule has 0 atom stereocenters. The molecule has 0 aliphatic rings. The zero-order valence-corrected chi connectivity index (χ0v) is 16.3. The van der Waals surface area contributed by atoms with Crippen molar-refractivity contribution in [3.8, 4) is 17.2 Å². The molecule has 8 nitrogen and oxygen atoms in total.